The topological polar surface area (TPSA) is 22.1 Å². The van der Waals surface area contributed by atoms with Crippen LogP contribution in [0, 0.1) is 12.7 Å². The zero-order valence-electron chi connectivity index (χ0n) is 11.7. The summed E-state index contributed by atoms with van der Waals surface area (Å²) in [5.74, 6) is -0.0148. The van der Waals surface area contributed by atoms with Crippen molar-refractivity contribution in [2.45, 2.75) is 6.92 Å². The third kappa shape index (κ3) is 2.34. The summed E-state index contributed by atoms with van der Waals surface area (Å²) in [6, 6.07) is 12.5. The van der Waals surface area contributed by atoms with Crippen LogP contribution < -0.4 is 4.74 Å². The van der Waals surface area contributed by atoms with Gasteiger partial charge in [-0.05, 0) is 18.6 Å². The SMILES string of the molecule is COc1cc(F)cc2c(Cl)c(C)c(-c3ccccc3)nc12. The molecule has 1 heterocycles. The molecule has 21 heavy (non-hydrogen) atoms. The fraction of sp³-hybridized carbons (Fsp3) is 0.118. The van der Waals surface area contributed by atoms with E-state index in [0.717, 1.165) is 16.8 Å². The number of hydrogen-bond acceptors (Lipinski definition) is 2. The van der Waals surface area contributed by atoms with Crippen molar-refractivity contribution < 1.29 is 9.13 Å². The molecule has 0 N–H and O–H groups in total. The van der Waals surface area contributed by atoms with Gasteiger partial charge < -0.3 is 4.74 Å². The van der Waals surface area contributed by atoms with E-state index in [1.807, 2.05) is 37.3 Å². The molecular formula is C17H13ClFNO. The quantitative estimate of drug-likeness (QED) is 0.663. The van der Waals surface area contributed by atoms with E-state index >= 15 is 0 Å². The molecule has 0 radical (unpaired) electrons. The lowest BCUT2D eigenvalue weighted by atomic mass is 10.0. The molecular weight excluding hydrogens is 289 g/mol. The molecule has 0 unspecified atom stereocenters. The van der Waals surface area contributed by atoms with Crippen LogP contribution in [0.5, 0.6) is 5.75 Å². The number of pyridine rings is 1. The van der Waals surface area contributed by atoms with E-state index in [1.165, 1.54) is 19.2 Å². The number of fused-ring (bicyclic) bond motifs is 1. The van der Waals surface area contributed by atoms with Gasteiger partial charge in [-0.25, -0.2) is 9.37 Å². The van der Waals surface area contributed by atoms with Crippen molar-refractivity contribution in [1.82, 2.24) is 4.98 Å². The molecule has 2 aromatic carbocycles. The molecule has 0 saturated carbocycles. The van der Waals surface area contributed by atoms with Crippen LogP contribution in [0.25, 0.3) is 22.2 Å². The van der Waals surface area contributed by atoms with E-state index in [0.29, 0.717) is 21.7 Å². The van der Waals surface area contributed by atoms with Crippen molar-refractivity contribution in [3.8, 4) is 17.0 Å². The Bertz CT molecular complexity index is 818. The van der Waals surface area contributed by atoms with Gasteiger partial charge >= 0.3 is 0 Å². The Balaban J connectivity index is 2.39. The lowest BCUT2D eigenvalue weighted by Gasteiger charge is -2.13. The van der Waals surface area contributed by atoms with Gasteiger partial charge in [-0.1, -0.05) is 41.9 Å². The predicted octanol–water partition coefficient (Wildman–Crippen LogP) is 5.01. The fourth-order valence-corrected chi connectivity index (χ4v) is 2.62. The first kappa shape index (κ1) is 13.8. The molecule has 0 saturated heterocycles. The normalized spacial score (nSPS) is 10.9. The highest BCUT2D eigenvalue weighted by atomic mass is 35.5. The van der Waals surface area contributed by atoms with Crippen LogP contribution in [0.3, 0.4) is 0 Å². The van der Waals surface area contributed by atoms with Gasteiger partial charge in [0.1, 0.15) is 17.1 Å². The Labute approximate surface area is 127 Å². The molecule has 4 heteroatoms. The van der Waals surface area contributed by atoms with Gasteiger partial charge in [-0.3, -0.25) is 0 Å². The van der Waals surface area contributed by atoms with E-state index in [1.54, 1.807) is 0 Å². The minimum Gasteiger partial charge on any atom is -0.494 e. The number of ether oxygens (including phenoxy) is 1. The molecule has 0 aliphatic carbocycles. The molecule has 2 nitrogen and oxygen atoms in total. The third-order valence-corrected chi connectivity index (χ3v) is 3.94. The molecule has 0 aliphatic heterocycles. The van der Waals surface area contributed by atoms with Gasteiger partial charge in [0.15, 0.2) is 0 Å². The predicted molar refractivity (Wildman–Crippen MR) is 83.4 cm³/mol. The zero-order valence-corrected chi connectivity index (χ0v) is 12.4. The Hall–Kier alpha value is -2.13. The van der Waals surface area contributed by atoms with Crippen LogP contribution in [0.2, 0.25) is 5.02 Å². The number of aromatic nitrogens is 1. The lowest BCUT2D eigenvalue weighted by molar-refractivity contribution is 0.415. The molecule has 0 fully saturated rings. The minimum absolute atomic E-state index is 0.379. The number of nitrogens with zero attached hydrogens (tertiary/aromatic N) is 1. The van der Waals surface area contributed by atoms with Gasteiger partial charge in [-0.2, -0.15) is 0 Å². The second kappa shape index (κ2) is 5.34. The highest BCUT2D eigenvalue weighted by Crippen LogP contribution is 2.36. The zero-order chi connectivity index (χ0) is 15.0. The fourth-order valence-electron chi connectivity index (χ4n) is 2.39. The number of hydrogen-bond donors (Lipinski definition) is 0. The molecule has 106 valence electrons. The van der Waals surface area contributed by atoms with Crippen molar-refractivity contribution >= 4 is 22.5 Å². The van der Waals surface area contributed by atoms with Crippen LogP contribution in [0.15, 0.2) is 42.5 Å². The van der Waals surface area contributed by atoms with Crippen molar-refractivity contribution in [2.75, 3.05) is 7.11 Å². The van der Waals surface area contributed by atoms with Crippen LogP contribution in [-0.2, 0) is 0 Å². The Morgan fingerprint density at radius 1 is 1.14 bits per heavy atom. The first-order valence-corrected chi connectivity index (χ1v) is 6.88. The Morgan fingerprint density at radius 2 is 1.86 bits per heavy atom. The standard InChI is InChI=1S/C17H13ClFNO/c1-10-15(18)13-8-12(19)9-14(21-2)17(13)20-16(10)11-6-4-3-5-7-11/h3-9H,1-2H3. The summed E-state index contributed by atoms with van der Waals surface area (Å²) in [4.78, 5) is 4.64. The summed E-state index contributed by atoms with van der Waals surface area (Å²) in [5, 5.41) is 1.06. The summed E-state index contributed by atoms with van der Waals surface area (Å²) in [6.07, 6.45) is 0. The average molecular weight is 302 g/mol. The van der Waals surface area contributed by atoms with Crippen LogP contribution >= 0.6 is 11.6 Å². The second-order valence-electron chi connectivity index (χ2n) is 4.77. The maximum atomic E-state index is 13.7. The molecule has 0 spiro atoms. The number of benzene rings is 2. The van der Waals surface area contributed by atoms with Crippen LogP contribution in [0.1, 0.15) is 5.56 Å². The Morgan fingerprint density at radius 3 is 2.52 bits per heavy atom. The molecule has 0 amide bonds. The Kier molecular flexibility index (Phi) is 3.52. The van der Waals surface area contributed by atoms with Crippen molar-refractivity contribution in [3.05, 3.63) is 58.9 Å². The minimum atomic E-state index is -0.394. The van der Waals surface area contributed by atoms with E-state index < -0.39 is 5.82 Å². The number of rotatable bonds is 2. The van der Waals surface area contributed by atoms with Gasteiger partial charge in [0.05, 0.1) is 17.8 Å². The average Bonchev–Trinajstić information content (AvgIpc) is 2.51. The van der Waals surface area contributed by atoms with Crippen LogP contribution in [0.4, 0.5) is 4.39 Å². The van der Waals surface area contributed by atoms with Gasteiger partial charge in [-0.15, -0.1) is 0 Å². The molecule has 1 aromatic heterocycles. The first-order chi connectivity index (χ1) is 10.1. The molecule has 0 atom stereocenters. The third-order valence-electron chi connectivity index (χ3n) is 3.45. The smallest absolute Gasteiger partial charge is 0.148 e. The number of methoxy groups -OCH3 is 1. The molecule has 3 aromatic rings. The first-order valence-electron chi connectivity index (χ1n) is 6.50. The second-order valence-corrected chi connectivity index (χ2v) is 5.15. The highest BCUT2D eigenvalue weighted by Gasteiger charge is 2.15. The monoisotopic (exact) mass is 301 g/mol. The number of halogens is 2. The van der Waals surface area contributed by atoms with Crippen LogP contribution in [-0.4, -0.2) is 12.1 Å². The van der Waals surface area contributed by atoms with E-state index in [-0.39, 0.29) is 0 Å². The summed E-state index contributed by atoms with van der Waals surface area (Å²) < 4.78 is 18.9. The lowest BCUT2D eigenvalue weighted by Crippen LogP contribution is -1.96. The van der Waals surface area contributed by atoms with E-state index in [4.69, 9.17) is 16.3 Å². The molecule has 0 bridgehead atoms. The maximum absolute atomic E-state index is 13.7. The molecule has 3 rings (SSSR count). The van der Waals surface area contributed by atoms with E-state index in [9.17, 15) is 4.39 Å². The van der Waals surface area contributed by atoms with Crippen molar-refractivity contribution in [3.63, 3.8) is 0 Å². The van der Waals surface area contributed by atoms with Crippen molar-refractivity contribution in [2.24, 2.45) is 0 Å². The summed E-state index contributed by atoms with van der Waals surface area (Å²) in [6.45, 7) is 1.88. The maximum Gasteiger partial charge on any atom is 0.148 e. The highest BCUT2D eigenvalue weighted by molar-refractivity contribution is 6.36. The van der Waals surface area contributed by atoms with Crippen molar-refractivity contribution in [1.29, 1.82) is 0 Å². The molecule has 0 aliphatic rings. The summed E-state index contributed by atoms with van der Waals surface area (Å²) >= 11 is 6.42. The summed E-state index contributed by atoms with van der Waals surface area (Å²) in [7, 11) is 1.49. The van der Waals surface area contributed by atoms with E-state index in [2.05, 4.69) is 4.98 Å². The van der Waals surface area contributed by atoms with Gasteiger partial charge in [0, 0.05) is 17.0 Å². The summed E-state index contributed by atoms with van der Waals surface area (Å²) in [5.41, 5.74) is 3.12. The largest absolute Gasteiger partial charge is 0.494 e. The van der Waals surface area contributed by atoms with Gasteiger partial charge in [0.2, 0.25) is 0 Å². The van der Waals surface area contributed by atoms with Gasteiger partial charge in [0.25, 0.3) is 0 Å².